The molecule has 2 amide bonds. The van der Waals surface area contributed by atoms with Crippen LogP contribution in [0.15, 0.2) is 36.4 Å². The van der Waals surface area contributed by atoms with Crippen LogP contribution >= 0.6 is 0 Å². The fourth-order valence-corrected chi connectivity index (χ4v) is 4.18. The highest BCUT2D eigenvalue weighted by molar-refractivity contribution is 6.23. The minimum Gasteiger partial charge on any atom is -0.465 e. The van der Waals surface area contributed by atoms with E-state index >= 15 is 0 Å². The van der Waals surface area contributed by atoms with Gasteiger partial charge in [-0.1, -0.05) is 18.2 Å². The molecule has 0 spiro atoms. The Bertz CT molecular complexity index is 779. The molecule has 6 heteroatoms. The number of ether oxygens (including phenoxy) is 2. The summed E-state index contributed by atoms with van der Waals surface area (Å²) in [5.41, 5.74) is -0.849. The van der Waals surface area contributed by atoms with Crippen LogP contribution in [0.4, 0.5) is 5.69 Å². The lowest BCUT2D eigenvalue weighted by molar-refractivity contribution is -0.128. The van der Waals surface area contributed by atoms with Crippen LogP contribution < -0.4 is 4.90 Å². The molecule has 0 unspecified atom stereocenters. The van der Waals surface area contributed by atoms with Crippen LogP contribution in [0.3, 0.4) is 0 Å². The number of benzene rings is 1. The average molecular weight is 327 g/mol. The lowest BCUT2D eigenvalue weighted by Crippen LogP contribution is -2.39. The Labute approximate surface area is 139 Å². The van der Waals surface area contributed by atoms with E-state index in [1.807, 2.05) is 26.0 Å². The summed E-state index contributed by atoms with van der Waals surface area (Å²) in [5.74, 6) is -2.17. The lowest BCUT2D eigenvalue weighted by atomic mass is 9.73. The molecule has 24 heavy (non-hydrogen) atoms. The number of carbonyl (C=O) groups is 3. The lowest BCUT2D eigenvalue weighted by Gasteiger charge is -2.25. The van der Waals surface area contributed by atoms with E-state index in [4.69, 9.17) is 9.47 Å². The van der Waals surface area contributed by atoms with Crippen LogP contribution in [0.2, 0.25) is 0 Å². The maximum atomic E-state index is 13.0. The number of imide groups is 1. The summed E-state index contributed by atoms with van der Waals surface area (Å²) < 4.78 is 10.7. The predicted octanol–water partition coefficient (Wildman–Crippen LogP) is 1.70. The van der Waals surface area contributed by atoms with Crippen LogP contribution in [0.5, 0.6) is 0 Å². The highest BCUT2D eigenvalue weighted by atomic mass is 16.5. The number of esters is 1. The van der Waals surface area contributed by atoms with Crippen LogP contribution in [0.25, 0.3) is 0 Å². The zero-order valence-corrected chi connectivity index (χ0v) is 13.6. The first kappa shape index (κ1) is 15.1. The van der Waals surface area contributed by atoms with Gasteiger partial charge in [-0.05, 0) is 32.0 Å². The van der Waals surface area contributed by atoms with Crippen LogP contribution in [0.1, 0.15) is 24.2 Å². The Kier molecular flexibility index (Phi) is 2.85. The van der Waals surface area contributed by atoms with Crippen molar-refractivity contribution in [2.24, 2.45) is 11.8 Å². The Morgan fingerprint density at radius 3 is 2.25 bits per heavy atom. The minimum atomic E-state index is -0.763. The van der Waals surface area contributed by atoms with Gasteiger partial charge in [-0.2, -0.15) is 0 Å². The van der Waals surface area contributed by atoms with Gasteiger partial charge in [-0.15, -0.1) is 0 Å². The number of nitrogens with zero attached hydrogens (tertiary/aromatic N) is 1. The van der Waals surface area contributed by atoms with Crippen molar-refractivity contribution < 1.29 is 23.9 Å². The van der Waals surface area contributed by atoms with E-state index in [1.54, 1.807) is 18.2 Å². The molecule has 124 valence electrons. The van der Waals surface area contributed by atoms with Crippen molar-refractivity contribution in [3.8, 4) is 0 Å². The van der Waals surface area contributed by atoms with E-state index in [9.17, 15) is 14.4 Å². The van der Waals surface area contributed by atoms with E-state index in [0.29, 0.717) is 11.3 Å². The van der Waals surface area contributed by atoms with Gasteiger partial charge >= 0.3 is 5.97 Å². The topological polar surface area (TPSA) is 72.9 Å². The summed E-state index contributed by atoms with van der Waals surface area (Å²) >= 11 is 0. The Morgan fingerprint density at radius 1 is 1.12 bits per heavy atom. The van der Waals surface area contributed by atoms with Gasteiger partial charge in [-0.25, -0.2) is 9.69 Å². The van der Waals surface area contributed by atoms with Crippen molar-refractivity contribution in [1.29, 1.82) is 0 Å². The molecule has 1 aromatic carbocycles. The van der Waals surface area contributed by atoms with Gasteiger partial charge in [0.25, 0.3) is 0 Å². The standard InChI is InChI=1S/C18H17NO5/c1-17-7-8-18(2,24-17)13-12(17)14(20)19(15(13)21)11-6-4-5-10(9-11)16(22)23-3/h4-9,12-13H,1-3H3/t12-,13-,17+,18+/m1/s1. The highest BCUT2D eigenvalue weighted by Gasteiger charge is 2.70. The minimum absolute atomic E-state index is 0.289. The third-order valence-electron chi connectivity index (χ3n) is 5.25. The van der Waals surface area contributed by atoms with Gasteiger partial charge in [0.2, 0.25) is 11.8 Å². The molecule has 0 N–H and O–H groups in total. The van der Waals surface area contributed by atoms with Gasteiger partial charge in [0.05, 0.1) is 41.4 Å². The van der Waals surface area contributed by atoms with Gasteiger partial charge < -0.3 is 9.47 Å². The Hall–Kier alpha value is -2.47. The zero-order chi connectivity index (χ0) is 17.3. The molecular formula is C18H17NO5. The third kappa shape index (κ3) is 1.72. The van der Waals surface area contributed by atoms with Crippen LogP contribution in [0, 0.1) is 11.8 Å². The van der Waals surface area contributed by atoms with Crippen molar-refractivity contribution in [3.05, 3.63) is 42.0 Å². The Morgan fingerprint density at radius 2 is 1.71 bits per heavy atom. The second kappa shape index (κ2) is 4.54. The second-order valence-corrected chi connectivity index (χ2v) is 6.81. The Balaban J connectivity index is 1.76. The monoisotopic (exact) mass is 327 g/mol. The molecule has 0 aliphatic carbocycles. The van der Waals surface area contributed by atoms with Crippen LogP contribution in [-0.4, -0.2) is 36.1 Å². The average Bonchev–Trinajstić information content (AvgIpc) is 3.11. The van der Waals surface area contributed by atoms with Crippen molar-refractivity contribution in [2.75, 3.05) is 12.0 Å². The first-order valence-electron chi connectivity index (χ1n) is 7.77. The number of anilines is 1. The number of methoxy groups -OCH3 is 1. The number of carbonyl (C=O) groups excluding carboxylic acids is 3. The van der Waals surface area contributed by atoms with E-state index in [-0.39, 0.29) is 11.8 Å². The second-order valence-electron chi connectivity index (χ2n) is 6.81. The molecule has 4 rings (SSSR count). The van der Waals surface area contributed by atoms with E-state index < -0.39 is 29.0 Å². The maximum Gasteiger partial charge on any atom is 0.337 e. The van der Waals surface area contributed by atoms with Crippen molar-refractivity contribution in [1.82, 2.24) is 0 Å². The molecule has 0 saturated carbocycles. The molecule has 0 radical (unpaired) electrons. The zero-order valence-electron chi connectivity index (χ0n) is 13.6. The molecule has 0 aromatic heterocycles. The molecular weight excluding hydrogens is 310 g/mol. The summed E-state index contributed by atoms with van der Waals surface area (Å²) in [6.07, 6.45) is 3.74. The normalized spacial score (nSPS) is 36.4. The number of fused-ring (bicyclic) bond motifs is 5. The first-order valence-corrected chi connectivity index (χ1v) is 7.77. The van der Waals surface area contributed by atoms with Gasteiger partial charge in [0, 0.05) is 0 Å². The van der Waals surface area contributed by atoms with Gasteiger partial charge in [0.1, 0.15) is 0 Å². The van der Waals surface area contributed by atoms with Crippen LogP contribution in [-0.2, 0) is 19.1 Å². The molecule has 3 heterocycles. The molecule has 6 nitrogen and oxygen atoms in total. The largest absolute Gasteiger partial charge is 0.465 e. The van der Waals surface area contributed by atoms with E-state index in [2.05, 4.69) is 0 Å². The van der Waals surface area contributed by atoms with E-state index in [1.165, 1.54) is 18.1 Å². The summed E-state index contributed by atoms with van der Waals surface area (Å²) in [7, 11) is 1.29. The fraction of sp³-hybridized carbons (Fsp3) is 0.389. The summed E-state index contributed by atoms with van der Waals surface area (Å²) in [4.78, 5) is 38.8. The smallest absolute Gasteiger partial charge is 0.337 e. The van der Waals surface area contributed by atoms with Gasteiger partial charge in [-0.3, -0.25) is 9.59 Å². The molecule has 1 aromatic rings. The molecule has 3 aliphatic rings. The quantitative estimate of drug-likeness (QED) is 0.470. The molecule has 2 saturated heterocycles. The summed E-state index contributed by atoms with van der Waals surface area (Å²) in [6, 6.07) is 6.36. The number of hydrogen-bond donors (Lipinski definition) is 0. The number of amides is 2. The highest BCUT2D eigenvalue weighted by Crippen LogP contribution is 2.57. The molecule has 2 bridgehead atoms. The summed E-state index contributed by atoms with van der Waals surface area (Å²) in [5, 5.41) is 0. The third-order valence-corrected chi connectivity index (χ3v) is 5.25. The molecule has 4 atom stereocenters. The SMILES string of the molecule is COC(=O)c1cccc(N2C(=O)[C@H]3[C@H](C2=O)[C@]2(C)C=C[C@]3(C)O2)c1. The fourth-order valence-electron chi connectivity index (χ4n) is 4.18. The maximum absolute atomic E-state index is 13.0. The van der Waals surface area contributed by atoms with Crippen molar-refractivity contribution in [3.63, 3.8) is 0 Å². The summed E-state index contributed by atoms with van der Waals surface area (Å²) in [6.45, 7) is 3.66. The van der Waals surface area contributed by atoms with Crippen molar-refractivity contribution in [2.45, 2.75) is 25.0 Å². The molecule has 3 aliphatic heterocycles. The number of hydrogen-bond acceptors (Lipinski definition) is 5. The number of rotatable bonds is 2. The van der Waals surface area contributed by atoms with Crippen molar-refractivity contribution >= 4 is 23.5 Å². The first-order chi connectivity index (χ1) is 11.3. The van der Waals surface area contributed by atoms with E-state index in [0.717, 1.165) is 0 Å². The molecule has 2 fully saturated rings. The predicted molar refractivity (Wildman–Crippen MR) is 84.3 cm³/mol. The van der Waals surface area contributed by atoms with Gasteiger partial charge in [0.15, 0.2) is 0 Å².